The first kappa shape index (κ1) is 16.0. The Morgan fingerprint density at radius 1 is 1.43 bits per heavy atom. The molecular formula is C18H25N3O2. The van der Waals surface area contributed by atoms with Crippen molar-refractivity contribution in [3.63, 3.8) is 0 Å². The van der Waals surface area contributed by atoms with Crippen molar-refractivity contribution in [1.29, 1.82) is 0 Å². The molecule has 1 aromatic carbocycles. The molecule has 3 rings (SSSR count). The number of rotatable bonds is 5. The molecule has 5 nitrogen and oxygen atoms in total. The van der Waals surface area contributed by atoms with Crippen molar-refractivity contribution in [2.45, 2.75) is 45.8 Å². The number of aromatic nitrogens is 2. The molecule has 3 atom stereocenters. The van der Waals surface area contributed by atoms with Crippen LogP contribution < -0.4 is 5.32 Å². The molecule has 1 aliphatic heterocycles. The number of benzene rings is 1. The summed E-state index contributed by atoms with van der Waals surface area (Å²) in [7, 11) is 0. The minimum Gasteiger partial charge on any atom is -0.378 e. The smallest absolute Gasteiger partial charge is 0.226 e. The van der Waals surface area contributed by atoms with Crippen LogP contribution in [0, 0.1) is 11.8 Å². The third-order valence-electron chi connectivity index (χ3n) is 4.33. The molecule has 1 amide bonds. The zero-order valence-electron chi connectivity index (χ0n) is 14.0. The van der Waals surface area contributed by atoms with Crippen LogP contribution in [-0.2, 0) is 9.53 Å². The fourth-order valence-corrected chi connectivity index (χ4v) is 3.14. The van der Waals surface area contributed by atoms with Gasteiger partial charge in [0.25, 0.3) is 0 Å². The Labute approximate surface area is 136 Å². The van der Waals surface area contributed by atoms with Gasteiger partial charge in [-0.05, 0) is 37.8 Å². The Morgan fingerprint density at radius 3 is 2.87 bits per heavy atom. The summed E-state index contributed by atoms with van der Waals surface area (Å²) in [6.07, 6.45) is 1.82. The topological polar surface area (TPSA) is 67.0 Å². The van der Waals surface area contributed by atoms with Crippen LogP contribution in [0.5, 0.6) is 0 Å². The highest BCUT2D eigenvalue weighted by molar-refractivity contribution is 5.80. The molecule has 0 unspecified atom stereocenters. The SMILES string of the molecule is CC(C)C[C@H](NC(=O)[C@@H]1CO[C@H](C)C1)c1nc2ccccc2[nH]1. The summed E-state index contributed by atoms with van der Waals surface area (Å²) in [4.78, 5) is 20.5. The van der Waals surface area contributed by atoms with Gasteiger partial charge >= 0.3 is 0 Å². The van der Waals surface area contributed by atoms with E-state index in [1.165, 1.54) is 0 Å². The lowest BCUT2D eigenvalue weighted by molar-refractivity contribution is -0.125. The quantitative estimate of drug-likeness (QED) is 0.890. The van der Waals surface area contributed by atoms with E-state index in [-0.39, 0.29) is 24.0 Å². The largest absolute Gasteiger partial charge is 0.378 e. The third-order valence-corrected chi connectivity index (χ3v) is 4.33. The van der Waals surface area contributed by atoms with Crippen LogP contribution in [0.15, 0.2) is 24.3 Å². The Kier molecular flexibility index (Phi) is 4.66. The Morgan fingerprint density at radius 2 is 2.22 bits per heavy atom. The van der Waals surface area contributed by atoms with Gasteiger partial charge in [-0.25, -0.2) is 4.98 Å². The summed E-state index contributed by atoms with van der Waals surface area (Å²) < 4.78 is 5.52. The van der Waals surface area contributed by atoms with E-state index in [1.807, 2.05) is 31.2 Å². The van der Waals surface area contributed by atoms with Gasteiger partial charge in [0.2, 0.25) is 5.91 Å². The van der Waals surface area contributed by atoms with E-state index in [2.05, 4.69) is 29.1 Å². The molecule has 0 bridgehead atoms. The van der Waals surface area contributed by atoms with Crippen molar-refractivity contribution >= 4 is 16.9 Å². The molecule has 0 spiro atoms. The standard InChI is InChI=1S/C18H25N3O2/c1-11(2)8-16(21-18(22)13-9-12(3)23-10-13)17-19-14-6-4-5-7-15(14)20-17/h4-7,11-13,16H,8-10H2,1-3H3,(H,19,20)(H,21,22)/t12-,13+,16+/m1/s1. The molecule has 1 aromatic heterocycles. The van der Waals surface area contributed by atoms with Crippen LogP contribution in [-0.4, -0.2) is 28.6 Å². The molecule has 0 aliphatic carbocycles. The third kappa shape index (κ3) is 3.72. The van der Waals surface area contributed by atoms with Crippen LogP contribution in [0.1, 0.15) is 45.5 Å². The van der Waals surface area contributed by atoms with Gasteiger partial charge in [-0.2, -0.15) is 0 Å². The van der Waals surface area contributed by atoms with E-state index in [1.54, 1.807) is 0 Å². The molecule has 2 heterocycles. The van der Waals surface area contributed by atoms with E-state index < -0.39 is 0 Å². The highest BCUT2D eigenvalue weighted by Gasteiger charge is 2.30. The number of carbonyl (C=O) groups is 1. The van der Waals surface area contributed by atoms with Gasteiger partial charge in [0, 0.05) is 0 Å². The molecule has 23 heavy (non-hydrogen) atoms. The first-order valence-electron chi connectivity index (χ1n) is 8.39. The number of amides is 1. The number of fused-ring (bicyclic) bond motifs is 1. The fraction of sp³-hybridized carbons (Fsp3) is 0.556. The molecule has 0 saturated carbocycles. The minimum atomic E-state index is -0.0918. The maximum atomic E-state index is 12.5. The summed E-state index contributed by atoms with van der Waals surface area (Å²) in [5.41, 5.74) is 1.94. The van der Waals surface area contributed by atoms with Gasteiger partial charge in [0.15, 0.2) is 0 Å². The zero-order chi connectivity index (χ0) is 16.4. The predicted octanol–water partition coefficient (Wildman–Crippen LogP) is 3.19. The highest BCUT2D eigenvalue weighted by atomic mass is 16.5. The average molecular weight is 315 g/mol. The predicted molar refractivity (Wildman–Crippen MR) is 90.0 cm³/mol. The van der Waals surface area contributed by atoms with Gasteiger partial charge in [-0.1, -0.05) is 26.0 Å². The van der Waals surface area contributed by atoms with Crippen molar-refractivity contribution < 1.29 is 9.53 Å². The summed E-state index contributed by atoms with van der Waals surface area (Å²) >= 11 is 0. The fourth-order valence-electron chi connectivity index (χ4n) is 3.14. The number of nitrogens with zero attached hydrogens (tertiary/aromatic N) is 1. The lowest BCUT2D eigenvalue weighted by Crippen LogP contribution is -2.35. The summed E-state index contributed by atoms with van der Waals surface area (Å²) in [5.74, 6) is 1.32. The first-order chi connectivity index (χ1) is 11.0. The first-order valence-corrected chi connectivity index (χ1v) is 8.39. The van der Waals surface area contributed by atoms with E-state index >= 15 is 0 Å². The molecule has 5 heteroatoms. The number of para-hydroxylation sites is 2. The maximum absolute atomic E-state index is 12.5. The molecule has 1 aliphatic rings. The van der Waals surface area contributed by atoms with Crippen molar-refractivity contribution in [3.8, 4) is 0 Å². The van der Waals surface area contributed by atoms with Gasteiger partial charge < -0.3 is 15.0 Å². The number of carbonyl (C=O) groups excluding carboxylic acids is 1. The summed E-state index contributed by atoms with van der Waals surface area (Å²) in [6, 6.07) is 7.85. The summed E-state index contributed by atoms with van der Waals surface area (Å²) in [5, 5.41) is 3.18. The number of hydrogen-bond acceptors (Lipinski definition) is 3. The van der Waals surface area contributed by atoms with Gasteiger partial charge in [-0.15, -0.1) is 0 Å². The lowest BCUT2D eigenvalue weighted by Gasteiger charge is -2.20. The van der Waals surface area contributed by atoms with Crippen molar-refractivity contribution in [2.24, 2.45) is 11.8 Å². The molecular weight excluding hydrogens is 290 g/mol. The van der Waals surface area contributed by atoms with Crippen LogP contribution in [0.4, 0.5) is 0 Å². The van der Waals surface area contributed by atoms with Gasteiger partial charge in [0.1, 0.15) is 5.82 Å². The van der Waals surface area contributed by atoms with Crippen molar-refractivity contribution in [2.75, 3.05) is 6.61 Å². The molecule has 124 valence electrons. The zero-order valence-corrected chi connectivity index (χ0v) is 14.0. The molecule has 1 fully saturated rings. The number of ether oxygens (including phenoxy) is 1. The maximum Gasteiger partial charge on any atom is 0.226 e. The minimum absolute atomic E-state index is 0.0518. The second-order valence-corrected chi connectivity index (χ2v) is 6.91. The van der Waals surface area contributed by atoms with Crippen molar-refractivity contribution in [3.05, 3.63) is 30.1 Å². The number of hydrogen-bond donors (Lipinski definition) is 2. The molecule has 0 radical (unpaired) electrons. The molecule has 2 aromatic rings. The second-order valence-electron chi connectivity index (χ2n) is 6.91. The van der Waals surface area contributed by atoms with Gasteiger partial charge in [0.05, 0.1) is 35.7 Å². The molecule has 1 saturated heterocycles. The Balaban J connectivity index is 1.78. The number of H-pyrrole nitrogens is 1. The summed E-state index contributed by atoms with van der Waals surface area (Å²) in [6.45, 7) is 6.84. The van der Waals surface area contributed by atoms with Crippen molar-refractivity contribution in [1.82, 2.24) is 15.3 Å². The van der Waals surface area contributed by atoms with Crippen LogP contribution in [0.2, 0.25) is 0 Å². The van der Waals surface area contributed by atoms with E-state index in [0.717, 1.165) is 29.7 Å². The highest BCUT2D eigenvalue weighted by Crippen LogP contribution is 2.24. The number of nitrogens with one attached hydrogen (secondary N) is 2. The van der Waals surface area contributed by atoms with E-state index in [4.69, 9.17) is 4.74 Å². The lowest BCUT2D eigenvalue weighted by atomic mass is 10.0. The second kappa shape index (κ2) is 6.71. The van der Waals surface area contributed by atoms with Gasteiger partial charge in [-0.3, -0.25) is 4.79 Å². The van der Waals surface area contributed by atoms with Crippen LogP contribution in [0.25, 0.3) is 11.0 Å². The number of imidazole rings is 1. The normalized spacial score (nSPS) is 22.6. The Bertz CT molecular complexity index is 647. The van der Waals surface area contributed by atoms with E-state index in [9.17, 15) is 4.79 Å². The monoisotopic (exact) mass is 315 g/mol. The number of aromatic amines is 1. The average Bonchev–Trinajstić information content (AvgIpc) is 3.11. The van der Waals surface area contributed by atoms with E-state index in [0.29, 0.717) is 12.5 Å². The molecule has 2 N–H and O–H groups in total. The van der Waals surface area contributed by atoms with Crippen LogP contribution >= 0.6 is 0 Å². The Hall–Kier alpha value is -1.88. The van der Waals surface area contributed by atoms with Crippen LogP contribution in [0.3, 0.4) is 0 Å².